The summed E-state index contributed by atoms with van der Waals surface area (Å²) in [6.07, 6.45) is 0. The molecule has 2 atom stereocenters. The van der Waals surface area contributed by atoms with E-state index in [4.69, 9.17) is 4.74 Å². The summed E-state index contributed by atoms with van der Waals surface area (Å²) in [6, 6.07) is 13.2. The largest absolute Gasteiger partial charge is 0.496 e. The minimum Gasteiger partial charge on any atom is -0.496 e. The van der Waals surface area contributed by atoms with E-state index in [1.54, 1.807) is 7.11 Å². The Balaban J connectivity index is 2.10. The van der Waals surface area contributed by atoms with Crippen LogP contribution in [0.4, 0.5) is 0 Å². The third-order valence-corrected chi connectivity index (χ3v) is 4.48. The van der Waals surface area contributed by atoms with Crippen LogP contribution in [-0.2, 0) is 0 Å². The summed E-state index contributed by atoms with van der Waals surface area (Å²) in [7, 11) is 1.72. The monoisotopic (exact) mass is 275 g/mol. The highest BCUT2D eigenvalue weighted by Gasteiger charge is 2.15. The van der Waals surface area contributed by atoms with E-state index in [2.05, 4.69) is 50.4 Å². The fourth-order valence-electron chi connectivity index (χ4n) is 2.26. The van der Waals surface area contributed by atoms with Crippen molar-refractivity contribution >= 4 is 11.3 Å². The molecule has 1 unspecified atom stereocenters. The Morgan fingerprint density at radius 1 is 1.05 bits per heavy atom. The van der Waals surface area contributed by atoms with Crippen LogP contribution in [-0.4, -0.2) is 7.11 Å². The van der Waals surface area contributed by atoms with Gasteiger partial charge < -0.3 is 10.1 Å². The molecule has 0 fully saturated rings. The Bertz CT molecular complexity index is 535. The van der Waals surface area contributed by atoms with Crippen molar-refractivity contribution in [1.82, 2.24) is 5.32 Å². The quantitative estimate of drug-likeness (QED) is 0.869. The smallest absolute Gasteiger partial charge is 0.123 e. The van der Waals surface area contributed by atoms with Crippen molar-refractivity contribution < 1.29 is 4.74 Å². The summed E-state index contributed by atoms with van der Waals surface area (Å²) < 4.78 is 5.42. The van der Waals surface area contributed by atoms with E-state index in [0.29, 0.717) is 6.04 Å². The van der Waals surface area contributed by atoms with Crippen LogP contribution >= 0.6 is 11.3 Å². The Labute approximate surface area is 119 Å². The highest BCUT2D eigenvalue weighted by Crippen LogP contribution is 2.28. The lowest BCUT2D eigenvalue weighted by atomic mass is 10.1. The van der Waals surface area contributed by atoms with Gasteiger partial charge >= 0.3 is 0 Å². The zero-order valence-electron chi connectivity index (χ0n) is 11.9. The first-order chi connectivity index (χ1) is 9.11. The van der Waals surface area contributed by atoms with E-state index in [1.165, 1.54) is 15.3 Å². The zero-order chi connectivity index (χ0) is 13.8. The van der Waals surface area contributed by atoms with Gasteiger partial charge in [0, 0.05) is 27.4 Å². The summed E-state index contributed by atoms with van der Waals surface area (Å²) in [5.74, 6) is 0.942. The molecule has 102 valence electrons. The molecule has 19 heavy (non-hydrogen) atoms. The third-order valence-electron chi connectivity index (χ3n) is 3.29. The van der Waals surface area contributed by atoms with Crippen LogP contribution < -0.4 is 10.1 Å². The molecule has 1 N–H and O–H groups in total. The molecule has 0 aliphatic carbocycles. The number of aryl methyl sites for hydroxylation is 1. The number of benzene rings is 1. The fraction of sp³-hybridized carbons (Fsp3) is 0.375. The van der Waals surface area contributed by atoms with E-state index < -0.39 is 0 Å². The maximum Gasteiger partial charge on any atom is 0.123 e. The fourth-order valence-corrected chi connectivity index (χ4v) is 3.15. The number of methoxy groups -OCH3 is 1. The van der Waals surface area contributed by atoms with Gasteiger partial charge in [0.05, 0.1) is 7.11 Å². The molecular weight excluding hydrogens is 254 g/mol. The van der Waals surface area contributed by atoms with Crippen molar-refractivity contribution in [3.63, 3.8) is 0 Å². The van der Waals surface area contributed by atoms with Gasteiger partial charge in [0.2, 0.25) is 0 Å². The number of para-hydroxylation sites is 1. The number of nitrogens with one attached hydrogen (secondary N) is 1. The second kappa shape index (κ2) is 6.22. The van der Waals surface area contributed by atoms with Crippen molar-refractivity contribution in [2.45, 2.75) is 32.9 Å². The Morgan fingerprint density at radius 3 is 2.42 bits per heavy atom. The highest BCUT2D eigenvalue weighted by atomic mass is 32.1. The van der Waals surface area contributed by atoms with Crippen LogP contribution in [0.15, 0.2) is 36.4 Å². The summed E-state index contributed by atoms with van der Waals surface area (Å²) in [5, 5.41) is 3.63. The topological polar surface area (TPSA) is 21.3 Å². The maximum absolute atomic E-state index is 5.42. The first-order valence-electron chi connectivity index (χ1n) is 6.57. The maximum atomic E-state index is 5.42. The van der Waals surface area contributed by atoms with Crippen molar-refractivity contribution in [3.05, 3.63) is 51.7 Å². The molecule has 0 aliphatic rings. The number of ether oxygens (including phenoxy) is 1. The first kappa shape index (κ1) is 14.1. The zero-order valence-corrected chi connectivity index (χ0v) is 12.8. The second-order valence-corrected chi connectivity index (χ2v) is 6.12. The lowest BCUT2D eigenvalue weighted by Gasteiger charge is -2.21. The van der Waals surface area contributed by atoms with E-state index in [1.807, 2.05) is 23.5 Å². The average molecular weight is 275 g/mol. The SMILES string of the molecule is COc1ccccc1[C@H](C)NC(C)c1ccc(C)s1. The van der Waals surface area contributed by atoms with Crippen molar-refractivity contribution in [2.75, 3.05) is 7.11 Å². The summed E-state index contributed by atoms with van der Waals surface area (Å²) in [4.78, 5) is 2.73. The number of hydrogen-bond donors (Lipinski definition) is 1. The Kier molecular flexibility index (Phi) is 4.61. The molecule has 2 nitrogen and oxygen atoms in total. The van der Waals surface area contributed by atoms with Crippen LogP contribution in [0.3, 0.4) is 0 Å². The predicted octanol–water partition coefficient (Wildman–Crippen LogP) is 4.48. The normalized spacial score (nSPS) is 14.1. The predicted molar refractivity (Wildman–Crippen MR) is 82.0 cm³/mol. The molecule has 0 radical (unpaired) electrons. The van der Waals surface area contributed by atoms with E-state index in [-0.39, 0.29) is 6.04 Å². The van der Waals surface area contributed by atoms with E-state index in [0.717, 1.165) is 5.75 Å². The minimum atomic E-state index is 0.258. The standard InChI is InChI=1S/C16H21NOS/c1-11-9-10-16(19-11)13(3)17-12(2)14-7-5-6-8-15(14)18-4/h5-10,12-13,17H,1-4H3/t12-,13?/m0/s1. The molecule has 0 saturated carbocycles. The lowest BCUT2D eigenvalue weighted by molar-refractivity contribution is 0.397. The molecule has 1 aromatic heterocycles. The molecule has 0 amide bonds. The van der Waals surface area contributed by atoms with Gasteiger partial charge in [-0.05, 0) is 39.0 Å². The Hall–Kier alpha value is -1.32. The van der Waals surface area contributed by atoms with Gasteiger partial charge in [-0.1, -0.05) is 18.2 Å². The molecule has 2 aromatic rings. The van der Waals surface area contributed by atoms with E-state index >= 15 is 0 Å². The Morgan fingerprint density at radius 2 is 1.79 bits per heavy atom. The van der Waals surface area contributed by atoms with Crippen LogP contribution in [0.5, 0.6) is 5.75 Å². The van der Waals surface area contributed by atoms with Crippen LogP contribution in [0.1, 0.15) is 41.2 Å². The highest BCUT2D eigenvalue weighted by molar-refractivity contribution is 7.12. The van der Waals surface area contributed by atoms with Gasteiger partial charge in [-0.2, -0.15) is 0 Å². The first-order valence-corrected chi connectivity index (χ1v) is 7.38. The molecule has 3 heteroatoms. The van der Waals surface area contributed by atoms with Crippen molar-refractivity contribution in [2.24, 2.45) is 0 Å². The molecule has 1 heterocycles. The van der Waals surface area contributed by atoms with Crippen LogP contribution in [0.25, 0.3) is 0 Å². The molecule has 2 rings (SSSR count). The van der Waals surface area contributed by atoms with Crippen LogP contribution in [0, 0.1) is 6.92 Å². The number of rotatable bonds is 5. The van der Waals surface area contributed by atoms with Gasteiger partial charge in [-0.3, -0.25) is 0 Å². The molecule has 0 aliphatic heterocycles. The van der Waals surface area contributed by atoms with E-state index in [9.17, 15) is 0 Å². The average Bonchev–Trinajstić information content (AvgIpc) is 2.85. The number of hydrogen-bond acceptors (Lipinski definition) is 3. The molecule has 1 aromatic carbocycles. The third kappa shape index (κ3) is 3.37. The van der Waals surface area contributed by atoms with Gasteiger partial charge in [-0.25, -0.2) is 0 Å². The lowest BCUT2D eigenvalue weighted by Crippen LogP contribution is -2.22. The summed E-state index contributed by atoms with van der Waals surface area (Å²) in [6.45, 7) is 6.52. The van der Waals surface area contributed by atoms with Gasteiger partial charge in [0.25, 0.3) is 0 Å². The molecular formula is C16H21NOS. The van der Waals surface area contributed by atoms with Gasteiger partial charge in [-0.15, -0.1) is 11.3 Å². The molecule has 0 saturated heterocycles. The summed E-state index contributed by atoms with van der Waals surface area (Å²) >= 11 is 1.85. The second-order valence-electron chi connectivity index (χ2n) is 4.80. The molecule has 0 spiro atoms. The van der Waals surface area contributed by atoms with Crippen molar-refractivity contribution in [1.29, 1.82) is 0 Å². The number of thiophene rings is 1. The van der Waals surface area contributed by atoms with Gasteiger partial charge in [0.15, 0.2) is 0 Å². The summed E-state index contributed by atoms with van der Waals surface area (Å²) in [5.41, 5.74) is 1.20. The van der Waals surface area contributed by atoms with Crippen LogP contribution in [0.2, 0.25) is 0 Å². The van der Waals surface area contributed by atoms with Crippen molar-refractivity contribution in [3.8, 4) is 5.75 Å². The van der Waals surface area contributed by atoms with Gasteiger partial charge in [0.1, 0.15) is 5.75 Å². The molecule has 0 bridgehead atoms. The minimum absolute atomic E-state index is 0.258.